The van der Waals surface area contributed by atoms with Gasteiger partial charge in [0.15, 0.2) is 0 Å². The van der Waals surface area contributed by atoms with E-state index in [1.54, 1.807) is 17.0 Å². The van der Waals surface area contributed by atoms with Gasteiger partial charge < -0.3 is 9.64 Å². The van der Waals surface area contributed by atoms with E-state index in [0.717, 1.165) is 6.42 Å². The molecular weight excluding hydrogens is 388 g/mol. The number of benzene rings is 2. The monoisotopic (exact) mass is 416 g/mol. The highest BCUT2D eigenvalue weighted by Gasteiger charge is 2.26. The minimum atomic E-state index is -3.58. The maximum Gasteiger partial charge on any atom is 0.254 e. The third-order valence-corrected chi connectivity index (χ3v) is 6.72. The number of carbonyl (C=O) groups excluding carboxylic acids is 1. The molecule has 3 rings (SSSR count). The van der Waals surface area contributed by atoms with Crippen molar-refractivity contribution >= 4 is 15.9 Å². The molecule has 1 aliphatic heterocycles. The van der Waals surface area contributed by atoms with Gasteiger partial charge in [-0.2, -0.15) is 0 Å². The van der Waals surface area contributed by atoms with Gasteiger partial charge >= 0.3 is 0 Å². The number of amides is 1. The van der Waals surface area contributed by atoms with E-state index in [1.807, 2.05) is 32.0 Å². The third-order valence-electron chi connectivity index (χ3n) is 5.11. The van der Waals surface area contributed by atoms with Crippen molar-refractivity contribution in [2.24, 2.45) is 0 Å². The Morgan fingerprint density at radius 2 is 1.86 bits per heavy atom. The van der Waals surface area contributed by atoms with Crippen molar-refractivity contribution in [3.05, 3.63) is 65.7 Å². The van der Waals surface area contributed by atoms with Gasteiger partial charge in [-0.15, -0.1) is 0 Å². The van der Waals surface area contributed by atoms with Gasteiger partial charge in [0.1, 0.15) is 0 Å². The molecule has 0 aromatic heterocycles. The second-order valence-corrected chi connectivity index (χ2v) is 9.10. The lowest BCUT2D eigenvalue weighted by molar-refractivity contribution is -0.0208. The predicted molar refractivity (Wildman–Crippen MR) is 112 cm³/mol. The van der Waals surface area contributed by atoms with Crippen molar-refractivity contribution in [2.75, 3.05) is 19.7 Å². The predicted octanol–water partition coefficient (Wildman–Crippen LogP) is 2.85. The number of hydrogen-bond donors (Lipinski definition) is 1. The first-order chi connectivity index (χ1) is 13.9. The molecule has 0 spiro atoms. The zero-order valence-electron chi connectivity index (χ0n) is 16.9. The molecule has 0 unspecified atom stereocenters. The quantitative estimate of drug-likeness (QED) is 0.753. The van der Waals surface area contributed by atoms with E-state index in [4.69, 9.17) is 4.74 Å². The summed E-state index contributed by atoms with van der Waals surface area (Å²) in [6.45, 7) is 5.28. The van der Waals surface area contributed by atoms with Gasteiger partial charge in [0.2, 0.25) is 10.0 Å². The van der Waals surface area contributed by atoms with Crippen LogP contribution in [0.25, 0.3) is 0 Å². The van der Waals surface area contributed by atoms with Crippen LogP contribution in [-0.4, -0.2) is 51.1 Å². The van der Waals surface area contributed by atoms with Gasteiger partial charge in [0, 0.05) is 31.1 Å². The molecule has 1 fully saturated rings. The van der Waals surface area contributed by atoms with Crippen LogP contribution in [0.4, 0.5) is 0 Å². The van der Waals surface area contributed by atoms with E-state index in [2.05, 4.69) is 16.9 Å². The molecule has 29 heavy (non-hydrogen) atoms. The van der Waals surface area contributed by atoms with Crippen LogP contribution in [0.5, 0.6) is 0 Å². The lowest BCUT2D eigenvalue weighted by Gasteiger charge is -2.33. The molecule has 0 aliphatic carbocycles. The first-order valence-corrected chi connectivity index (χ1v) is 11.4. The Kier molecular flexibility index (Phi) is 7.05. The van der Waals surface area contributed by atoms with Gasteiger partial charge in [-0.25, -0.2) is 13.1 Å². The molecule has 2 aromatic carbocycles. The van der Waals surface area contributed by atoms with E-state index < -0.39 is 10.0 Å². The fourth-order valence-corrected chi connectivity index (χ4v) is 4.61. The lowest BCUT2D eigenvalue weighted by Crippen LogP contribution is -2.46. The summed E-state index contributed by atoms with van der Waals surface area (Å²) < 4.78 is 33.2. The molecule has 1 heterocycles. The number of sulfonamides is 1. The second kappa shape index (κ2) is 9.52. The number of ether oxygens (including phenoxy) is 1. The Hall–Kier alpha value is -2.22. The smallest absolute Gasteiger partial charge is 0.254 e. The van der Waals surface area contributed by atoms with Crippen molar-refractivity contribution in [3.63, 3.8) is 0 Å². The first kappa shape index (κ1) is 21.5. The largest absolute Gasteiger partial charge is 0.374 e. The highest BCUT2D eigenvalue weighted by molar-refractivity contribution is 7.89. The third kappa shape index (κ3) is 5.65. The molecule has 2 aromatic rings. The molecule has 0 saturated carbocycles. The number of nitrogens with zero attached hydrogens (tertiary/aromatic N) is 1. The highest BCUT2D eigenvalue weighted by Crippen LogP contribution is 2.17. The fraction of sp³-hybridized carbons (Fsp3) is 0.409. The van der Waals surface area contributed by atoms with Gasteiger partial charge in [-0.3, -0.25) is 4.79 Å². The highest BCUT2D eigenvalue weighted by atomic mass is 32.2. The maximum atomic E-state index is 12.9. The SMILES string of the molecule is CC[C@H](C)NS(=O)(=O)c1ccc(C(=O)N2CCO[C@H](Cc3ccccc3)C2)cc1. The maximum absolute atomic E-state index is 12.9. The van der Waals surface area contributed by atoms with Crippen molar-refractivity contribution in [1.29, 1.82) is 0 Å². The van der Waals surface area contributed by atoms with Gasteiger partial charge in [0.25, 0.3) is 5.91 Å². The van der Waals surface area contributed by atoms with Gasteiger partial charge in [-0.05, 0) is 43.2 Å². The molecule has 1 aliphatic rings. The molecule has 1 saturated heterocycles. The summed E-state index contributed by atoms with van der Waals surface area (Å²) in [4.78, 5) is 14.8. The summed E-state index contributed by atoms with van der Waals surface area (Å²) in [5.74, 6) is -0.106. The average Bonchev–Trinajstić information content (AvgIpc) is 2.74. The Balaban J connectivity index is 1.65. The average molecular weight is 417 g/mol. The first-order valence-electron chi connectivity index (χ1n) is 9.96. The molecule has 156 valence electrons. The van der Waals surface area contributed by atoms with Crippen LogP contribution >= 0.6 is 0 Å². The number of rotatable bonds is 7. The zero-order chi connectivity index (χ0) is 20.9. The van der Waals surface area contributed by atoms with Crippen LogP contribution in [0.1, 0.15) is 36.2 Å². The van der Waals surface area contributed by atoms with E-state index >= 15 is 0 Å². The summed E-state index contributed by atoms with van der Waals surface area (Å²) in [6.07, 6.45) is 1.41. The lowest BCUT2D eigenvalue weighted by atomic mass is 10.1. The number of morpholine rings is 1. The van der Waals surface area contributed by atoms with E-state index in [-0.39, 0.29) is 22.9 Å². The van der Waals surface area contributed by atoms with Crippen LogP contribution in [0.15, 0.2) is 59.5 Å². The van der Waals surface area contributed by atoms with E-state index in [9.17, 15) is 13.2 Å². The Bertz CT molecular complexity index is 914. The molecule has 6 nitrogen and oxygen atoms in total. The summed E-state index contributed by atoms with van der Waals surface area (Å²) in [7, 11) is -3.58. The van der Waals surface area contributed by atoms with Crippen molar-refractivity contribution in [1.82, 2.24) is 9.62 Å². The molecule has 1 N–H and O–H groups in total. The number of hydrogen-bond acceptors (Lipinski definition) is 4. The number of carbonyl (C=O) groups is 1. The Morgan fingerprint density at radius 3 is 2.52 bits per heavy atom. The normalized spacial score (nSPS) is 18.4. The molecule has 2 atom stereocenters. The minimum Gasteiger partial charge on any atom is -0.374 e. The van der Waals surface area contributed by atoms with Crippen LogP contribution in [-0.2, 0) is 21.2 Å². The minimum absolute atomic E-state index is 0.0468. The number of nitrogens with one attached hydrogen (secondary N) is 1. The van der Waals surface area contributed by atoms with Crippen molar-refractivity contribution in [2.45, 2.75) is 43.7 Å². The molecule has 1 amide bonds. The summed E-state index contributed by atoms with van der Waals surface area (Å²) >= 11 is 0. The fourth-order valence-electron chi connectivity index (χ4n) is 3.28. The Morgan fingerprint density at radius 1 is 1.17 bits per heavy atom. The summed E-state index contributed by atoms with van der Waals surface area (Å²) in [6, 6.07) is 16.1. The topological polar surface area (TPSA) is 75.7 Å². The summed E-state index contributed by atoms with van der Waals surface area (Å²) in [5.41, 5.74) is 1.66. The van der Waals surface area contributed by atoms with Gasteiger partial charge in [0.05, 0.1) is 17.6 Å². The zero-order valence-corrected chi connectivity index (χ0v) is 17.7. The molecule has 0 bridgehead atoms. The van der Waals surface area contributed by atoms with Crippen LogP contribution in [0, 0.1) is 0 Å². The molecular formula is C22H28N2O4S. The van der Waals surface area contributed by atoms with Crippen LogP contribution in [0.2, 0.25) is 0 Å². The molecule has 7 heteroatoms. The van der Waals surface area contributed by atoms with Crippen molar-refractivity contribution < 1.29 is 17.9 Å². The van der Waals surface area contributed by atoms with Crippen LogP contribution in [0.3, 0.4) is 0 Å². The Labute approximate surface area is 172 Å². The van der Waals surface area contributed by atoms with Gasteiger partial charge in [-0.1, -0.05) is 37.3 Å². The second-order valence-electron chi connectivity index (χ2n) is 7.39. The summed E-state index contributed by atoms with van der Waals surface area (Å²) in [5, 5.41) is 0. The standard InChI is InChI=1S/C22H28N2O4S/c1-3-17(2)23-29(26,27)21-11-9-19(10-12-21)22(25)24-13-14-28-20(16-24)15-18-7-5-4-6-8-18/h4-12,17,20,23H,3,13-16H2,1-2H3/t17-,20+/m0/s1. The van der Waals surface area contributed by atoms with E-state index in [1.165, 1.54) is 17.7 Å². The van der Waals surface area contributed by atoms with Crippen LogP contribution < -0.4 is 4.72 Å². The molecule has 0 radical (unpaired) electrons. The van der Waals surface area contributed by atoms with Crippen molar-refractivity contribution in [3.8, 4) is 0 Å². The van der Waals surface area contributed by atoms with E-state index in [0.29, 0.717) is 31.7 Å².